The first-order valence-electron chi connectivity index (χ1n) is 5.05. The Morgan fingerprint density at radius 2 is 1.94 bits per heavy atom. The SMILES string of the molecule is C=CCC(Cc1ccc(Cl)cc1)C(=O)O.NN. The van der Waals surface area contributed by atoms with Crippen molar-refractivity contribution in [2.75, 3.05) is 0 Å². The molecule has 94 valence electrons. The second-order valence-electron chi connectivity index (χ2n) is 3.39. The van der Waals surface area contributed by atoms with Crippen molar-refractivity contribution in [3.63, 3.8) is 0 Å². The molecule has 5 N–H and O–H groups in total. The van der Waals surface area contributed by atoms with Crippen molar-refractivity contribution in [1.82, 2.24) is 0 Å². The minimum absolute atomic E-state index is 0.399. The molecule has 4 nitrogen and oxygen atoms in total. The van der Waals surface area contributed by atoms with Gasteiger partial charge >= 0.3 is 5.97 Å². The van der Waals surface area contributed by atoms with Gasteiger partial charge in [0, 0.05) is 5.02 Å². The molecule has 5 heteroatoms. The number of hydrogen-bond donors (Lipinski definition) is 3. The first kappa shape index (κ1) is 15.6. The summed E-state index contributed by atoms with van der Waals surface area (Å²) in [6, 6.07) is 7.23. The molecule has 0 heterocycles. The Morgan fingerprint density at radius 3 is 2.35 bits per heavy atom. The Kier molecular flexibility index (Phi) is 8.05. The Bertz CT molecular complexity index is 352. The number of hydrazine groups is 1. The largest absolute Gasteiger partial charge is 0.481 e. The molecule has 1 atom stereocenters. The third kappa shape index (κ3) is 6.06. The number of allylic oxidation sites excluding steroid dienone is 1. The van der Waals surface area contributed by atoms with Gasteiger partial charge in [0.1, 0.15) is 0 Å². The van der Waals surface area contributed by atoms with Crippen LogP contribution in [0.5, 0.6) is 0 Å². The number of carbonyl (C=O) groups is 1. The summed E-state index contributed by atoms with van der Waals surface area (Å²) in [4.78, 5) is 10.9. The number of hydrogen-bond acceptors (Lipinski definition) is 3. The van der Waals surface area contributed by atoms with Crippen LogP contribution in [0.15, 0.2) is 36.9 Å². The predicted octanol–water partition coefficient (Wildman–Crippen LogP) is 1.98. The molecule has 0 amide bonds. The number of halogens is 1. The zero-order valence-electron chi connectivity index (χ0n) is 9.47. The van der Waals surface area contributed by atoms with E-state index < -0.39 is 11.9 Å². The summed E-state index contributed by atoms with van der Waals surface area (Å²) in [5, 5.41) is 9.61. The van der Waals surface area contributed by atoms with Gasteiger partial charge in [0.15, 0.2) is 0 Å². The van der Waals surface area contributed by atoms with Gasteiger partial charge in [0.05, 0.1) is 5.92 Å². The summed E-state index contributed by atoms with van der Waals surface area (Å²) in [5.41, 5.74) is 0.980. The third-order valence-electron chi connectivity index (χ3n) is 2.20. The van der Waals surface area contributed by atoms with Gasteiger partial charge in [-0.15, -0.1) is 6.58 Å². The fraction of sp³-hybridized carbons (Fsp3) is 0.250. The summed E-state index contributed by atoms with van der Waals surface area (Å²) in [6.45, 7) is 3.55. The summed E-state index contributed by atoms with van der Waals surface area (Å²) in [5.74, 6) is 6.81. The number of benzene rings is 1. The van der Waals surface area contributed by atoms with Gasteiger partial charge in [-0.05, 0) is 30.5 Å². The first-order valence-corrected chi connectivity index (χ1v) is 5.42. The fourth-order valence-corrected chi connectivity index (χ4v) is 1.50. The normalized spacial score (nSPS) is 11.0. The number of aliphatic carboxylic acids is 1. The molecule has 0 aliphatic rings. The maximum Gasteiger partial charge on any atom is 0.307 e. The van der Waals surface area contributed by atoms with Crippen molar-refractivity contribution >= 4 is 17.6 Å². The Morgan fingerprint density at radius 1 is 1.41 bits per heavy atom. The van der Waals surface area contributed by atoms with E-state index in [-0.39, 0.29) is 0 Å². The second kappa shape index (κ2) is 8.75. The molecule has 0 bridgehead atoms. The molecule has 1 rings (SSSR count). The molecule has 1 unspecified atom stereocenters. The van der Waals surface area contributed by atoms with Gasteiger partial charge < -0.3 is 5.11 Å². The van der Waals surface area contributed by atoms with E-state index in [1.807, 2.05) is 12.1 Å². The molecular formula is C12H17ClN2O2. The van der Waals surface area contributed by atoms with Gasteiger partial charge in [-0.2, -0.15) is 0 Å². The van der Waals surface area contributed by atoms with Crippen LogP contribution < -0.4 is 11.7 Å². The second-order valence-corrected chi connectivity index (χ2v) is 3.83. The van der Waals surface area contributed by atoms with Crippen molar-refractivity contribution in [3.05, 3.63) is 47.5 Å². The monoisotopic (exact) mass is 256 g/mol. The molecule has 17 heavy (non-hydrogen) atoms. The molecule has 0 aromatic heterocycles. The van der Waals surface area contributed by atoms with E-state index in [9.17, 15) is 4.79 Å². The van der Waals surface area contributed by atoms with Crippen LogP contribution in [0.4, 0.5) is 0 Å². The molecule has 0 radical (unpaired) electrons. The van der Waals surface area contributed by atoms with E-state index in [1.165, 1.54) is 0 Å². The number of rotatable bonds is 5. The van der Waals surface area contributed by atoms with Gasteiger partial charge in [-0.1, -0.05) is 29.8 Å². The summed E-state index contributed by atoms with van der Waals surface area (Å²) < 4.78 is 0. The summed E-state index contributed by atoms with van der Waals surface area (Å²) in [6.07, 6.45) is 2.63. The molecule has 0 fully saturated rings. The molecule has 0 aliphatic carbocycles. The van der Waals surface area contributed by atoms with Gasteiger partial charge in [0.25, 0.3) is 0 Å². The van der Waals surface area contributed by atoms with Crippen molar-refractivity contribution in [3.8, 4) is 0 Å². The molecule has 1 aromatic carbocycles. The van der Waals surface area contributed by atoms with E-state index in [2.05, 4.69) is 18.3 Å². The number of carboxylic acids is 1. The minimum Gasteiger partial charge on any atom is -0.481 e. The lowest BCUT2D eigenvalue weighted by molar-refractivity contribution is -0.141. The zero-order valence-corrected chi connectivity index (χ0v) is 10.2. The van der Waals surface area contributed by atoms with Crippen molar-refractivity contribution in [1.29, 1.82) is 0 Å². The van der Waals surface area contributed by atoms with E-state index in [0.717, 1.165) is 5.56 Å². The molecule has 0 saturated heterocycles. The molecule has 0 spiro atoms. The zero-order chi connectivity index (χ0) is 13.3. The lowest BCUT2D eigenvalue weighted by atomic mass is 9.96. The van der Waals surface area contributed by atoms with Crippen LogP contribution in [-0.4, -0.2) is 11.1 Å². The van der Waals surface area contributed by atoms with Gasteiger partial charge in [0.2, 0.25) is 0 Å². The molecule has 0 aliphatic heterocycles. The smallest absolute Gasteiger partial charge is 0.307 e. The van der Waals surface area contributed by atoms with Crippen molar-refractivity contribution in [2.45, 2.75) is 12.8 Å². The Labute approximate surface area is 106 Å². The standard InChI is InChI=1S/C12H13ClO2.H4N2/c1-2-3-10(12(14)15)8-9-4-6-11(13)7-5-9;1-2/h2,4-7,10H,1,3,8H2,(H,14,15);1-2H2. The molecule has 1 aromatic rings. The van der Waals surface area contributed by atoms with Crippen LogP contribution in [0.2, 0.25) is 5.02 Å². The van der Waals surface area contributed by atoms with Crippen LogP contribution in [0.3, 0.4) is 0 Å². The van der Waals surface area contributed by atoms with E-state index in [4.69, 9.17) is 16.7 Å². The van der Waals surface area contributed by atoms with Gasteiger partial charge in [-0.3, -0.25) is 16.5 Å². The van der Waals surface area contributed by atoms with E-state index in [0.29, 0.717) is 17.9 Å². The maximum absolute atomic E-state index is 10.9. The topological polar surface area (TPSA) is 89.3 Å². The average Bonchev–Trinajstić information content (AvgIpc) is 2.34. The summed E-state index contributed by atoms with van der Waals surface area (Å²) in [7, 11) is 0. The van der Waals surface area contributed by atoms with Crippen LogP contribution in [0.1, 0.15) is 12.0 Å². The van der Waals surface area contributed by atoms with Crippen LogP contribution >= 0.6 is 11.6 Å². The Hall–Kier alpha value is -1.36. The fourth-order valence-electron chi connectivity index (χ4n) is 1.38. The lowest BCUT2D eigenvalue weighted by Gasteiger charge is -2.09. The lowest BCUT2D eigenvalue weighted by Crippen LogP contribution is -2.15. The van der Waals surface area contributed by atoms with Crippen LogP contribution in [0, 0.1) is 5.92 Å². The highest BCUT2D eigenvalue weighted by Gasteiger charge is 2.15. The quantitative estimate of drug-likeness (QED) is 0.427. The average molecular weight is 257 g/mol. The third-order valence-corrected chi connectivity index (χ3v) is 2.45. The molecular weight excluding hydrogens is 240 g/mol. The number of nitrogens with two attached hydrogens (primary N) is 2. The highest BCUT2D eigenvalue weighted by atomic mass is 35.5. The van der Waals surface area contributed by atoms with Crippen LogP contribution in [0.25, 0.3) is 0 Å². The maximum atomic E-state index is 10.9. The Balaban J connectivity index is 0.00000121. The predicted molar refractivity (Wildman–Crippen MR) is 69.5 cm³/mol. The van der Waals surface area contributed by atoms with Crippen molar-refractivity contribution < 1.29 is 9.90 Å². The number of carboxylic acid groups (broad SMARTS) is 1. The van der Waals surface area contributed by atoms with Gasteiger partial charge in [-0.25, -0.2) is 0 Å². The van der Waals surface area contributed by atoms with E-state index in [1.54, 1.807) is 18.2 Å². The summed E-state index contributed by atoms with van der Waals surface area (Å²) >= 11 is 5.74. The van der Waals surface area contributed by atoms with Crippen LogP contribution in [-0.2, 0) is 11.2 Å². The van der Waals surface area contributed by atoms with E-state index >= 15 is 0 Å². The van der Waals surface area contributed by atoms with Crippen molar-refractivity contribution in [2.24, 2.45) is 17.6 Å². The highest BCUT2D eigenvalue weighted by Crippen LogP contribution is 2.16. The minimum atomic E-state index is -0.787. The first-order chi connectivity index (χ1) is 8.13. The highest BCUT2D eigenvalue weighted by molar-refractivity contribution is 6.30. The molecule has 0 saturated carbocycles.